The van der Waals surface area contributed by atoms with Crippen molar-refractivity contribution >= 4 is 46.1 Å². The first kappa shape index (κ1) is 63.9. The zero-order chi connectivity index (χ0) is 53.3. The molecule has 0 spiro atoms. The van der Waals surface area contributed by atoms with Crippen LogP contribution in [0.25, 0.3) is 0 Å². The lowest BCUT2D eigenvalue weighted by atomic mass is 9.88. The highest BCUT2D eigenvalue weighted by Crippen LogP contribution is 2.66. The molecule has 0 rings (SSSR count). The summed E-state index contributed by atoms with van der Waals surface area (Å²) >= 11 is -1.32. The highest BCUT2D eigenvalue weighted by Gasteiger charge is 2.97. The molecule has 0 amide bonds. The van der Waals surface area contributed by atoms with Crippen molar-refractivity contribution in [1.29, 1.82) is 0 Å². The number of aliphatic hydroxyl groups is 1. The Kier molecular flexibility index (Phi) is 17.9. The van der Waals surface area contributed by atoms with Gasteiger partial charge in [-0.15, -0.1) is 23.5 Å². The van der Waals surface area contributed by atoms with Crippen LogP contribution in [0.1, 0.15) is 12.8 Å². The summed E-state index contributed by atoms with van der Waals surface area (Å²) in [6.07, 6.45) is -23.7. The molecule has 0 radical (unpaired) electrons. The number of alkyl halides is 37. The van der Waals surface area contributed by atoms with E-state index < -0.39 is 171 Å². The van der Waals surface area contributed by atoms with Crippen LogP contribution in [0.2, 0.25) is 0 Å². The molecule has 2 atom stereocenters. The molecule has 0 heterocycles. The number of aliphatic hydroxyl groups excluding tert-OH is 1. The molecule has 1 nitrogen and oxygen atoms in total. The first-order valence-electron chi connectivity index (χ1n) is 14.9. The summed E-state index contributed by atoms with van der Waals surface area (Å²) in [6.45, 7) is -1.79. The molecule has 0 aliphatic carbocycles. The van der Waals surface area contributed by atoms with Gasteiger partial charge in [0.2, 0.25) is 0 Å². The molecule has 0 aliphatic heterocycles. The Morgan fingerprint density at radius 3 is 0.677 bits per heavy atom. The fourth-order valence-corrected chi connectivity index (χ4v) is 7.91. The van der Waals surface area contributed by atoms with Gasteiger partial charge in [-0.25, -0.2) is 8.78 Å². The molecule has 392 valence electrons. The molecule has 0 fully saturated rings. The summed E-state index contributed by atoms with van der Waals surface area (Å²) in [4.78, 5) is 0. The molecule has 0 aromatic carbocycles. The van der Waals surface area contributed by atoms with Crippen LogP contribution in [0.15, 0.2) is 0 Å². The molecule has 0 aliphatic rings. The SMILES string of the molecule is OCC(CI)(CSC(F)CC(F)(F)C(F)(F)C(F)(F)C(F)(F)C(F)(F)C(F)(F)C(F)(F)C(F)(F)F)CSC(F)CC(F)(F)C(F)(F)C(F)(F)C(F)(F)C(F)(F)C(F)(F)C(F)(F)C(F)(F)F. The highest BCUT2D eigenvalue weighted by atomic mass is 127. The van der Waals surface area contributed by atoms with Gasteiger partial charge in [0.25, 0.3) is 0 Å². The van der Waals surface area contributed by atoms with Crippen molar-refractivity contribution in [2.45, 2.75) is 119 Å². The second-order valence-electron chi connectivity index (χ2n) is 12.9. The van der Waals surface area contributed by atoms with Crippen LogP contribution in [0.5, 0.6) is 0 Å². The van der Waals surface area contributed by atoms with Gasteiger partial charge in [0.05, 0.1) is 19.4 Å². The van der Waals surface area contributed by atoms with Crippen LogP contribution < -0.4 is 0 Å². The van der Waals surface area contributed by atoms with Crippen molar-refractivity contribution in [3.63, 3.8) is 0 Å². The fourth-order valence-electron chi connectivity index (χ4n) is 3.96. The third-order valence-corrected chi connectivity index (χ3v) is 12.4. The maximum atomic E-state index is 14.4. The Morgan fingerprint density at radius 2 is 0.508 bits per heavy atom. The fraction of sp³-hybridized carbons (Fsp3) is 1.00. The molecule has 40 heteroatoms. The van der Waals surface area contributed by atoms with Gasteiger partial charge >= 0.3 is 95.3 Å². The zero-order valence-corrected chi connectivity index (χ0v) is 32.9. The van der Waals surface area contributed by atoms with Crippen LogP contribution in [0, 0.1) is 5.41 Å². The first-order chi connectivity index (χ1) is 27.8. The van der Waals surface area contributed by atoms with Gasteiger partial charge in [-0.3, -0.25) is 0 Å². The van der Waals surface area contributed by atoms with E-state index in [1.54, 1.807) is 0 Å². The number of halogens is 37. The summed E-state index contributed by atoms with van der Waals surface area (Å²) in [5, 5.41) is 9.53. The minimum Gasteiger partial charge on any atom is -0.396 e. The zero-order valence-electron chi connectivity index (χ0n) is 29.1. The van der Waals surface area contributed by atoms with Crippen molar-refractivity contribution in [2.24, 2.45) is 5.41 Å². The Labute approximate surface area is 356 Å². The standard InChI is InChI=1S/C25H15F36IOS2/c26-7(1-10(28,29)12(32,33)14(36,37)16(40,41)18(44,45)20(48,49)22(52,53)24(56,57)58)64-5-9(3-62,4-63)6-65-8(27)2-11(30,31)13(34,35)15(38,39)17(42,43)19(46,47)21(50,51)23(54,55)25(59,60)61/h7-8,63H,1-6H2. The predicted octanol–water partition coefficient (Wildman–Crippen LogP) is 14.3. The molecule has 2 unspecified atom stereocenters. The van der Waals surface area contributed by atoms with Crippen LogP contribution in [-0.4, -0.2) is 134 Å². The maximum Gasteiger partial charge on any atom is 0.460 e. The van der Waals surface area contributed by atoms with Crippen molar-refractivity contribution in [1.82, 2.24) is 0 Å². The summed E-state index contributed by atoms with van der Waals surface area (Å²) in [7, 11) is 0. The quantitative estimate of drug-likeness (QED) is 0.0591. The topological polar surface area (TPSA) is 20.2 Å². The minimum absolute atomic E-state index is 0.919. The lowest BCUT2D eigenvalue weighted by Gasteiger charge is -2.43. The van der Waals surface area contributed by atoms with E-state index in [0.29, 0.717) is 0 Å². The summed E-state index contributed by atoms with van der Waals surface area (Å²) in [5.74, 6) is -124. The molecular weight excluding hydrogens is 1190 g/mol. The van der Waals surface area contributed by atoms with Crippen molar-refractivity contribution in [3.05, 3.63) is 0 Å². The third kappa shape index (κ3) is 9.97. The summed E-state index contributed by atoms with van der Waals surface area (Å²) in [5.41, 5.74) is -10.9. The largest absolute Gasteiger partial charge is 0.460 e. The number of thioether (sulfide) groups is 2. The average Bonchev–Trinajstić information content (AvgIpc) is 3.09. The van der Waals surface area contributed by atoms with Crippen molar-refractivity contribution < 1.29 is 163 Å². The lowest BCUT2D eigenvalue weighted by molar-refractivity contribution is -0.462. The molecule has 0 saturated heterocycles. The van der Waals surface area contributed by atoms with Gasteiger partial charge in [0, 0.05) is 21.3 Å². The van der Waals surface area contributed by atoms with E-state index in [4.69, 9.17) is 0 Å². The number of rotatable bonds is 24. The van der Waals surface area contributed by atoms with E-state index in [-0.39, 0.29) is 0 Å². The average molecular weight is 1210 g/mol. The van der Waals surface area contributed by atoms with E-state index in [1.807, 2.05) is 0 Å². The molecular formula is C25H15F36IOS2. The molecule has 65 heavy (non-hydrogen) atoms. The summed E-state index contributed by atoms with van der Waals surface area (Å²) in [6, 6.07) is 0. The van der Waals surface area contributed by atoms with Gasteiger partial charge in [0.15, 0.2) is 11.0 Å². The van der Waals surface area contributed by atoms with Crippen LogP contribution >= 0.6 is 46.1 Å². The van der Waals surface area contributed by atoms with Crippen molar-refractivity contribution in [2.75, 3.05) is 22.5 Å². The third-order valence-electron chi connectivity index (χ3n) is 8.17. The number of hydrogen-bond acceptors (Lipinski definition) is 3. The Bertz CT molecular complexity index is 1490. The minimum atomic E-state index is -9.07. The molecule has 0 aromatic heterocycles. The second-order valence-corrected chi connectivity index (χ2v) is 16.0. The Morgan fingerprint density at radius 1 is 0.323 bits per heavy atom. The van der Waals surface area contributed by atoms with Gasteiger partial charge in [0.1, 0.15) is 0 Å². The van der Waals surface area contributed by atoms with Crippen LogP contribution in [0.4, 0.5) is 158 Å². The van der Waals surface area contributed by atoms with Gasteiger partial charge < -0.3 is 5.11 Å². The van der Waals surface area contributed by atoms with Gasteiger partial charge in [-0.1, -0.05) is 22.6 Å². The monoisotopic (exact) mass is 1210 g/mol. The smallest absolute Gasteiger partial charge is 0.396 e. The highest BCUT2D eigenvalue weighted by molar-refractivity contribution is 14.1. The van der Waals surface area contributed by atoms with E-state index in [1.165, 1.54) is 0 Å². The lowest BCUT2D eigenvalue weighted by Crippen LogP contribution is -2.74. The Hall–Kier alpha value is -1.13. The van der Waals surface area contributed by atoms with Crippen molar-refractivity contribution in [3.8, 4) is 0 Å². The second kappa shape index (κ2) is 18.2. The van der Waals surface area contributed by atoms with E-state index in [0.717, 1.165) is 22.6 Å². The molecule has 0 bridgehead atoms. The normalized spacial score (nSPS) is 18.2. The van der Waals surface area contributed by atoms with E-state index in [9.17, 15) is 163 Å². The van der Waals surface area contributed by atoms with Crippen LogP contribution in [-0.2, 0) is 0 Å². The first-order valence-corrected chi connectivity index (χ1v) is 18.6. The van der Waals surface area contributed by atoms with E-state index in [2.05, 4.69) is 0 Å². The molecule has 0 saturated carbocycles. The number of hydrogen-bond donors (Lipinski definition) is 1. The van der Waals surface area contributed by atoms with Crippen LogP contribution in [0.3, 0.4) is 0 Å². The predicted molar refractivity (Wildman–Crippen MR) is 154 cm³/mol. The van der Waals surface area contributed by atoms with Gasteiger partial charge in [-0.05, 0) is 0 Å². The van der Waals surface area contributed by atoms with Gasteiger partial charge in [-0.2, -0.15) is 149 Å². The van der Waals surface area contributed by atoms with E-state index >= 15 is 0 Å². The Balaban J connectivity index is 6.44. The maximum absolute atomic E-state index is 14.4. The molecule has 1 N–H and O–H groups in total. The molecule has 0 aromatic rings. The summed E-state index contributed by atoms with van der Waals surface area (Å²) < 4.78 is 485.